The third-order valence-corrected chi connectivity index (χ3v) is 1.89. The summed E-state index contributed by atoms with van der Waals surface area (Å²) in [6.45, 7) is 0.0665. The van der Waals surface area contributed by atoms with E-state index in [1.807, 2.05) is 0 Å². The van der Waals surface area contributed by atoms with Crippen molar-refractivity contribution in [3.8, 4) is 0 Å². The summed E-state index contributed by atoms with van der Waals surface area (Å²) in [7, 11) is 0. The molecule has 0 rings (SSSR count). The van der Waals surface area contributed by atoms with Gasteiger partial charge in [0, 0.05) is 13.0 Å². The molecular weight excluding hydrogens is 212 g/mol. The molecule has 2 N–H and O–H groups in total. The lowest BCUT2D eigenvalue weighted by Gasteiger charge is -2.00. The maximum absolute atomic E-state index is 10.1. The van der Waals surface area contributed by atoms with E-state index in [-0.39, 0.29) is 13.0 Å². The van der Waals surface area contributed by atoms with Crippen LogP contribution in [0.15, 0.2) is 10.6 Å². The van der Waals surface area contributed by atoms with Crippen LogP contribution >= 0.6 is 15.9 Å². The monoisotopic (exact) mass is 222 g/mol. The maximum atomic E-state index is 10.1. The first-order chi connectivity index (χ1) is 5.20. The topological polar surface area (TPSA) is 57.5 Å². The molecule has 0 atom stereocenters. The minimum atomic E-state index is -0.810. The lowest BCUT2D eigenvalue weighted by Crippen LogP contribution is -1.96. The van der Waals surface area contributed by atoms with Crippen molar-refractivity contribution in [3.63, 3.8) is 0 Å². The summed E-state index contributed by atoms with van der Waals surface area (Å²) >= 11 is 3.10. The van der Waals surface area contributed by atoms with Gasteiger partial charge in [-0.25, -0.2) is 0 Å². The molecule has 0 spiro atoms. The molecule has 0 aromatic heterocycles. The van der Waals surface area contributed by atoms with Crippen molar-refractivity contribution in [1.29, 1.82) is 0 Å². The Morgan fingerprint density at radius 2 is 2.00 bits per heavy atom. The Balaban J connectivity index is 3.62. The first kappa shape index (κ1) is 10.7. The molecule has 3 nitrogen and oxygen atoms in total. The average Bonchev–Trinajstić information content (AvgIpc) is 1.97. The normalized spacial score (nSPS) is 11.6. The number of hydrogen-bond donors (Lipinski definition) is 2. The molecule has 0 aliphatic carbocycles. The molecule has 0 amide bonds. The Morgan fingerprint density at radius 1 is 1.36 bits per heavy atom. The highest BCUT2D eigenvalue weighted by Gasteiger charge is 2.00. The van der Waals surface area contributed by atoms with Crippen LogP contribution in [0, 0.1) is 0 Å². The summed E-state index contributed by atoms with van der Waals surface area (Å²) in [5.74, 6) is -0.810. The fourth-order valence-corrected chi connectivity index (χ4v) is 1.10. The van der Waals surface area contributed by atoms with E-state index in [1.54, 1.807) is 4.99 Å². The molecule has 0 bridgehead atoms. The number of rotatable bonds is 5. The smallest absolute Gasteiger partial charge is 0.303 e. The van der Waals surface area contributed by atoms with Gasteiger partial charge in [0.05, 0.1) is 0 Å². The molecule has 4 heteroatoms. The van der Waals surface area contributed by atoms with Crippen molar-refractivity contribution in [3.05, 3.63) is 10.6 Å². The summed E-state index contributed by atoms with van der Waals surface area (Å²) in [6, 6.07) is 0. The molecule has 0 aromatic rings. The van der Waals surface area contributed by atoms with Gasteiger partial charge < -0.3 is 10.2 Å². The number of carbonyl (C=O) groups is 1. The molecule has 0 heterocycles. The number of aliphatic hydroxyl groups is 1. The lowest BCUT2D eigenvalue weighted by atomic mass is 10.1. The van der Waals surface area contributed by atoms with Crippen LogP contribution in [-0.4, -0.2) is 22.8 Å². The van der Waals surface area contributed by atoms with Gasteiger partial charge in [0.2, 0.25) is 0 Å². The maximum Gasteiger partial charge on any atom is 0.303 e. The van der Waals surface area contributed by atoms with Gasteiger partial charge in [0.25, 0.3) is 0 Å². The fourth-order valence-electron chi connectivity index (χ4n) is 0.645. The van der Waals surface area contributed by atoms with E-state index in [9.17, 15) is 4.79 Å². The first-order valence-corrected chi connectivity index (χ1v) is 4.23. The van der Waals surface area contributed by atoms with E-state index in [1.165, 1.54) is 0 Å². The molecule has 0 saturated carbocycles. The molecule has 0 unspecified atom stereocenters. The molecule has 11 heavy (non-hydrogen) atoms. The zero-order valence-electron chi connectivity index (χ0n) is 6.09. The lowest BCUT2D eigenvalue weighted by molar-refractivity contribution is -0.136. The van der Waals surface area contributed by atoms with Crippen LogP contribution in [-0.2, 0) is 4.79 Å². The molecule has 0 aliphatic rings. The van der Waals surface area contributed by atoms with Gasteiger partial charge in [-0.1, -0.05) is 21.5 Å². The van der Waals surface area contributed by atoms with E-state index in [0.717, 1.165) is 5.57 Å². The summed E-state index contributed by atoms with van der Waals surface area (Å²) in [5, 5.41) is 16.8. The van der Waals surface area contributed by atoms with E-state index >= 15 is 0 Å². The average molecular weight is 223 g/mol. The first-order valence-electron chi connectivity index (χ1n) is 3.31. The predicted octanol–water partition coefficient (Wildman–Crippen LogP) is 1.51. The van der Waals surface area contributed by atoms with Gasteiger partial charge in [-0.15, -0.1) is 0 Å². The molecule has 0 radical (unpaired) electrons. The molecule has 0 fully saturated rings. The predicted molar refractivity (Wildman–Crippen MR) is 45.6 cm³/mol. The van der Waals surface area contributed by atoms with E-state index in [0.29, 0.717) is 12.8 Å². The number of aliphatic hydroxyl groups excluding tert-OH is 1. The van der Waals surface area contributed by atoms with Gasteiger partial charge in [-0.2, -0.15) is 0 Å². The second kappa shape index (κ2) is 6.37. The van der Waals surface area contributed by atoms with Gasteiger partial charge in [-0.3, -0.25) is 4.79 Å². The summed E-state index contributed by atoms with van der Waals surface area (Å²) in [5.41, 5.74) is 0.926. The largest absolute Gasteiger partial charge is 0.481 e. The zero-order valence-corrected chi connectivity index (χ0v) is 7.67. The Morgan fingerprint density at radius 3 is 2.36 bits per heavy atom. The molecule has 0 saturated heterocycles. The molecular formula is C7H11BrO3. The quantitative estimate of drug-likeness (QED) is 0.742. The van der Waals surface area contributed by atoms with Crippen molar-refractivity contribution < 1.29 is 15.0 Å². The minimum absolute atomic E-state index is 0.0665. The van der Waals surface area contributed by atoms with Crippen molar-refractivity contribution in [1.82, 2.24) is 0 Å². The van der Waals surface area contributed by atoms with Gasteiger partial charge in [0.15, 0.2) is 0 Å². The van der Waals surface area contributed by atoms with Crippen LogP contribution in [0.3, 0.4) is 0 Å². The van der Waals surface area contributed by atoms with E-state index in [2.05, 4.69) is 15.9 Å². The Labute approximate surface area is 73.9 Å². The number of aliphatic carboxylic acids is 1. The van der Waals surface area contributed by atoms with E-state index in [4.69, 9.17) is 10.2 Å². The van der Waals surface area contributed by atoms with Gasteiger partial charge in [-0.05, 0) is 17.8 Å². The van der Waals surface area contributed by atoms with Crippen molar-refractivity contribution >= 4 is 21.9 Å². The highest BCUT2D eigenvalue weighted by Crippen LogP contribution is 2.11. The Kier molecular flexibility index (Phi) is 6.16. The molecule has 0 aromatic carbocycles. The number of carboxylic acid groups (broad SMARTS) is 1. The SMILES string of the molecule is O=C(O)CC/C(=C\Br)CCO. The number of carboxylic acids is 1. The van der Waals surface area contributed by atoms with Crippen LogP contribution in [0.5, 0.6) is 0 Å². The zero-order chi connectivity index (χ0) is 8.69. The third-order valence-electron chi connectivity index (χ3n) is 1.25. The van der Waals surface area contributed by atoms with Crippen LogP contribution in [0.1, 0.15) is 19.3 Å². The van der Waals surface area contributed by atoms with Crippen molar-refractivity contribution in [2.24, 2.45) is 0 Å². The summed E-state index contributed by atoms with van der Waals surface area (Å²) < 4.78 is 0. The van der Waals surface area contributed by atoms with E-state index < -0.39 is 5.97 Å². The second-order valence-corrected chi connectivity index (χ2v) is 2.59. The highest BCUT2D eigenvalue weighted by molar-refractivity contribution is 9.11. The van der Waals surface area contributed by atoms with Gasteiger partial charge >= 0.3 is 5.97 Å². The highest BCUT2D eigenvalue weighted by atomic mass is 79.9. The number of hydrogen-bond acceptors (Lipinski definition) is 2. The van der Waals surface area contributed by atoms with Crippen LogP contribution in [0.25, 0.3) is 0 Å². The second-order valence-electron chi connectivity index (χ2n) is 2.13. The standard InChI is InChI=1S/C7H11BrO3/c8-5-6(3-4-9)1-2-7(10)11/h5,9H,1-4H2,(H,10,11)/b6-5+. The summed E-state index contributed by atoms with van der Waals surface area (Å²) in [4.78, 5) is 11.8. The van der Waals surface area contributed by atoms with Crippen LogP contribution < -0.4 is 0 Å². The van der Waals surface area contributed by atoms with Crippen LogP contribution in [0.2, 0.25) is 0 Å². The Bertz CT molecular complexity index is 154. The fraction of sp³-hybridized carbons (Fsp3) is 0.571. The molecule has 0 aliphatic heterocycles. The van der Waals surface area contributed by atoms with Crippen molar-refractivity contribution in [2.75, 3.05) is 6.61 Å². The summed E-state index contributed by atoms with van der Waals surface area (Å²) in [6.07, 6.45) is 1.16. The number of halogens is 1. The van der Waals surface area contributed by atoms with Crippen LogP contribution in [0.4, 0.5) is 0 Å². The Hall–Kier alpha value is -0.350. The van der Waals surface area contributed by atoms with Gasteiger partial charge in [0.1, 0.15) is 0 Å². The minimum Gasteiger partial charge on any atom is -0.481 e. The van der Waals surface area contributed by atoms with Crippen molar-refractivity contribution in [2.45, 2.75) is 19.3 Å². The molecule has 64 valence electrons. The third kappa shape index (κ3) is 6.06.